The van der Waals surface area contributed by atoms with Gasteiger partial charge in [-0.3, -0.25) is 4.79 Å². The van der Waals surface area contributed by atoms with Crippen LogP contribution in [0.15, 0.2) is 0 Å². The molecule has 1 amide bonds. The van der Waals surface area contributed by atoms with Gasteiger partial charge in [0.15, 0.2) is 0 Å². The summed E-state index contributed by atoms with van der Waals surface area (Å²) in [6.45, 7) is 7.18. The van der Waals surface area contributed by atoms with Gasteiger partial charge in [0.1, 0.15) is 0 Å². The third-order valence-corrected chi connectivity index (χ3v) is 4.67. The number of hydrogen-bond acceptors (Lipinski definition) is 3. The number of carbonyl (C=O) groups excluding carboxylic acids is 1. The van der Waals surface area contributed by atoms with E-state index in [-0.39, 0.29) is 11.3 Å². The average molecular weight is 253 g/mol. The molecule has 2 fully saturated rings. The molecule has 4 nitrogen and oxygen atoms in total. The van der Waals surface area contributed by atoms with E-state index in [2.05, 4.69) is 29.5 Å². The number of piperidine rings is 1. The minimum absolute atomic E-state index is 0.150. The van der Waals surface area contributed by atoms with Crippen molar-refractivity contribution in [2.24, 2.45) is 11.3 Å². The van der Waals surface area contributed by atoms with Gasteiger partial charge in [0.2, 0.25) is 5.91 Å². The van der Waals surface area contributed by atoms with Crippen LogP contribution in [0, 0.1) is 11.3 Å². The van der Waals surface area contributed by atoms with Crippen LogP contribution in [0.25, 0.3) is 0 Å². The highest BCUT2D eigenvalue weighted by Gasteiger charge is 2.37. The first-order valence-corrected chi connectivity index (χ1v) is 7.34. The van der Waals surface area contributed by atoms with Crippen LogP contribution in [0.2, 0.25) is 0 Å². The highest BCUT2D eigenvalue weighted by Crippen LogP contribution is 2.30. The van der Waals surface area contributed by atoms with E-state index in [1.165, 1.54) is 13.0 Å². The molecule has 0 radical (unpaired) electrons. The molecule has 2 aliphatic rings. The summed E-state index contributed by atoms with van der Waals surface area (Å²) in [6, 6.07) is 0. The summed E-state index contributed by atoms with van der Waals surface area (Å²) < 4.78 is 0. The molecule has 2 aliphatic heterocycles. The van der Waals surface area contributed by atoms with E-state index in [1.54, 1.807) is 0 Å². The smallest absolute Gasteiger partial charge is 0.227 e. The number of carbonyl (C=O) groups is 1. The molecule has 2 N–H and O–H groups in total. The van der Waals surface area contributed by atoms with Crippen LogP contribution in [-0.4, -0.2) is 50.6 Å². The van der Waals surface area contributed by atoms with E-state index < -0.39 is 0 Å². The lowest BCUT2D eigenvalue weighted by atomic mass is 9.77. The van der Waals surface area contributed by atoms with Crippen LogP contribution in [0.5, 0.6) is 0 Å². The summed E-state index contributed by atoms with van der Waals surface area (Å²) in [7, 11) is 2.15. The lowest BCUT2D eigenvalue weighted by Crippen LogP contribution is -2.51. The van der Waals surface area contributed by atoms with Crippen molar-refractivity contribution < 1.29 is 4.79 Å². The molecule has 2 unspecified atom stereocenters. The molecular weight excluding hydrogens is 226 g/mol. The number of likely N-dealkylation sites (tertiary alicyclic amines) is 1. The van der Waals surface area contributed by atoms with Crippen molar-refractivity contribution in [2.45, 2.75) is 32.6 Å². The number of nitrogens with one attached hydrogen (secondary N) is 2. The van der Waals surface area contributed by atoms with Crippen LogP contribution < -0.4 is 10.6 Å². The van der Waals surface area contributed by atoms with Gasteiger partial charge in [-0.15, -0.1) is 0 Å². The molecule has 0 saturated carbocycles. The largest absolute Gasteiger partial charge is 0.355 e. The molecule has 2 saturated heterocycles. The third kappa shape index (κ3) is 3.04. The third-order valence-electron chi connectivity index (χ3n) is 4.67. The highest BCUT2D eigenvalue weighted by molar-refractivity contribution is 5.83. The van der Waals surface area contributed by atoms with Gasteiger partial charge >= 0.3 is 0 Å². The average Bonchev–Trinajstić information content (AvgIpc) is 2.82. The molecule has 2 rings (SSSR count). The number of nitrogens with zero attached hydrogens (tertiary/aromatic N) is 1. The Hall–Kier alpha value is -0.610. The van der Waals surface area contributed by atoms with Crippen LogP contribution in [-0.2, 0) is 4.79 Å². The topological polar surface area (TPSA) is 44.4 Å². The molecule has 0 aromatic heterocycles. The molecule has 104 valence electrons. The lowest BCUT2D eigenvalue weighted by Gasteiger charge is -2.35. The Morgan fingerprint density at radius 3 is 2.94 bits per heavy atom. The maximum Gasteiger partial charge on any atom is 0.227 e. The Kier molecular flexibility index (Phi) is 4.62. The van der Waals surface area contributed by atoms with E-state index in [4.69, 9.17) is 0 Å². The number of hydrogen-bond donors (Lipinski definition) is 2. The second kappa shape index (κ2) is 6.02. The number of rotatable bonds is 4. The Morgan fingerprint density at radius 1 is 1.56 bits per heavy atom. The van der Waals surface area contributed by atoms with Gasteiger partial charge in [-0.05, 0) is 51.7 Å². The highest BCUT2D eigenvalue weighted by atomic mass is 16.2. The number of amides is 1. The maximum atomic E-state index is 12.4. The first kappa shape index (κ1) is 13.8. The second-order valence-electron chi connectivity index (χ2n) is 6.04. The molecule has 0 aromatic rings. The van der Waals surface area contributed by atoms with Crippen molar-refractivity contribution in [1.82, 2.24) is 15.5 Å². The van der Waals surface area contributed by atoms with Gasteiger partial charge < -0.3 is 15.5 Å². The Labute approximate surface area is 110 Å². The molecule has 0 aromatic carbocycles. The van der Waals surface area contributed by atoms with Crippen LogP contribution in [0.1, 0.15) is 32.6 Å². The van der Waals surface area contributed by atoms with E-state index in [0.717, 1.165) is 45.4 Å². The van der Waals surface area contributed by atoms with Crippen LogP contribution >= 0.6 is 0 Å². The van der Waals surface area contributed by atoms with Gasteiger partial charge in [0.25, 0.3) is 0 Å². The Morgan fingerprint density at radius 2 is 2.39 bits per heavy atom. The van der Waals surface area contributed by atoms with Crippen molar-refractivity contribution in [3.05, 3.63) is 0 Å². The van der Waals surface area contributed by atoms with Gasteiger partial charge in [0, 0.05) is 19.6 Å². The quantitative estimate of drug-likeness (QED) is 0.780. The van der Waals surface area contributed by atoms with Gasteiger partial charge in [-0.1, -0.05) is 6.92 Å². The zero-order chi connectivity index (χ0) is 13.0. The fourth-order valence-electron chi connectivity index (χ4n) is 3.24. The Bertz CT molecular complexity index is 287. The van der Waals surface area contributed by atoms with E-state index >= 15 is 0 Å². The molecule has 2 atom stereocenters. The summed E-state index contributed by atoms with van der Waals surface area (Å²) in [5.74, 6) is 0.913. The normalized spacial score (nSPS) is 33.6. The van der Waals surface area contributed by atoms with E-state index in [0.29, 0.717) is 5.92 Å². The zero-order valence-corrected chi connectivity index (χ0v) is 11.8. The fourth-order valence-corrected chi connectivity index (χ4v) is 3.24. The van der Waals surface area contributed by atoms with E-state index in [9.17, 15) is 4.79 Å². The molecule has 18 heavy (non-hydrogen) atoms. The summed E-state index contributed by atoms with van der Waals surface area (Å²) in [5.41, 5.74) is -0.150. The molecular formula is C14H27N3O. The Balaban J connectivity index is 1.82. The van der Waals surface area contributed by atoms with Crippen LogP contribution in [0.4, 0.5) is 0 Å². The predicted molar refractivity (Wildman–Crippen MR) is 73.4 cm³/mol. The van der Waals surface area contributed by atoms with Crippen molar-refractivity contribution in [3.8, 4) is 0 Å². The summed E-state index contributed by atoms with van der Waals surface area (Å²) in [4.78, 5) is 14.8. The van der Waals surface area contributed by atoms with Gasteiger partial charge in [0.05, 0.1) is 5.41 Å². The zero-order valence-electron chi connectivity index (χ0n) is 11.8. The second-order valence-corrected chi connectivity index (χ2v) is 6.04. The summed E-state index contributed by atoms with van der Waals surface area (Å²) in [6.07, 6.45) is 4.31. The molecule has 0 bridgehead atoms. The first-order chi connectivity index (χ1) is 8.66. The SMILES string of the molecule is CCC1(C(=O)NCC2CCN(C)C2)CCCNC1. The predicted octanol–water partition coefficient (Wildman–Crippen LogP) is 0.834. The van der Waals surface area contributed by atoms with Gasteiger partial charge in [-0.2, -0.15) is 0 Å². The molecule has 0 spiro atoms. The van der Waals surface area contributed by atoms with Crippen molar-refractivity contribution in [2.75, 3.05) is 39.8 Å². The van der Waals surface area contributed by atoms with Gasteiger partial charge in [-0.25, -0.2) is 0 Å². The minimum Gasteiger partial charge on any atom is -0.355 e. The lowest BCUT2D eigenvalue weighted by molar-refractivity contribution is -0.132. The standard InChI is InChI=1S/C14H27N3O/c1-3-14(6-4-7-15-11-14)13(18)16-9-12-5-8-17(2)10-12/h12,15H,3-11H2,1-2H3,(H,16,18). The monoisotopic (exact) mass is 253 g/mol. The summed E-state index contributed by atoms with van der Waals surface area (Å²) in [5, 5.41) is 6.57. The first-order valence-electron chi connectivity index (χ1n) is 7.34. The van der Waals surface area contributed by atoms with E-state index in [1.807, 2.05) is 0 Å². The minimum atomic E-state index is -0.150. The fraction of sp³-hybridized carbons (Fsp3) is 0.929. The summed E-state index contributed by atoms with van der Waals surface area (Å²) >= 11 is 0. The molecule has 2 heterocycles. The van der Waals surface area contributed by atoms with Crippen LogP contribution in [0.3, 0.4) is 0 Å². The van der Waals surface area contributed by atoms with Crippen molar-refractivity contribution >= 4 is 5.91 Å². The molecule has 4 heteroatoms. The maximum absolute atomic E-state index is 12.4. The van der Waals surface area contributed by atoms with Crippen molar-refractivity contribution in [3.63, 3.8) is 0 Å². The molecule has 0 aliphatic carbocycles. The van der Waals surface area contributed by atoms with Crippen molar-refractivity contribution in [1.29, 1.82) is 0 Å².